The van der Waals surface area contributed by atoms with Gasteiger partial charge in [-0.1, -0.05) is 24.3 Å². The summed E-state index contributed by atoms with van der Waals surface area (Å²) in [6, 6.07) is 9.35. The summed E-state index contributed by atoms with van der Waals surface area (Å²) in [6.45, 7) is 2.20. The van der Waals surface area contributed by atoms with Gasteiger partial charge >= 0.3 is 0 Å². The Bertz CT molecular complexity index is 375. The Morgan fingerprint density at radius 3 is 3.00 bits per heavy atom. The molecule has 2 nitrogen and oxygen atoms in total. The zero-order valence-corrected chi connectivity index (χ0v) is 9.11. The summed E-state index contributed by atoms with van der Waals surface area (Å²) in [4.78, 5) is 0. The smallest absolute Gasteiger partial charge is 0.0219 e. The molecule has 0 saturated heterocycles. The van der Waals surface area contributed by atoms with Crippen molar-refractivity contribution in [3.05, 3.63) is 35.4 Å². The molecule has 0 amide bonds. The van der Waals surface area contributed by atoms with E-state index in [9.17, 15) is 0 Å². The predicted octanol–water partition coefficient (Wildman–Crippen LogP) is 1.81. The van der Waals surface area contributed by atoms with Crippen LogP contribution in [0.1, 0.15) is 30.4 Å². The van der Waals surface area contributed by atoms with Crippen LogP contribution in [-0.4, -0.2) is 6.04 Å². The minimum Gasteiger partial charge on any atom is -0.271 e. The molecule has 0 bridgehead atoms. The van der Waals surface area contributed by atoms with Crippen LogP contribution in [0.25, 0.3) is 0 Å². The van der Waals surface area contributed by atoms with E-state index in [2.05, 4.69) is 36.6 Å². The van der Waals surface area contributed by atoms with Crippen LogP contribution in [0.4, 0.5) is 0 Å². The number of fused-ring (bicyclic) bond motifs is 3. The number of nitrogens with two attached hydrogens (primary N) is 1. The number of hydrogen-bond acceptors (Lipinski definition) is 2. The fourth-order valence-corrected chi connectivity index (χ4v) is 3.41. The van der Waals surface area contributed by atoms with Crippen molar-refractivity contribution in [2.45, 2.75) is 31.7 Å². The number of aryl methyl sites for hydroxylation is 1. The van der Waals surface area contributed by atoms with Gasteiger partial charge in [0.1, 0.15) is 0 Å². The first-order valence-corrected chi connectivity index (χ1v) is 5.87. The molecule has 3 N–H and O–H groups in total. The molecule has 2 aliphatic rings. The fraction of sp³-hybridized carbons (Fsp3) is 0.538. The zero-order chi connectivity index (χ0) is 10.4. The van der Waals surface area contributed by atoms with Crippen molar-refractivity contribution in [2.24, 2.45) is 17.7 Å². The Balaban J connectivity index is 1.90. The first kappa shape index (κ1) is 9.37. The number of rotatable bonds is 2. The second-order valence-electron chi connectivity index (χ2n) is 4.96. The molecule has 80 valence electrons. The third kappa shape index (κ3) is 1.32. The maximum Gasteiger partial charge on any atom is 0.0219 e. The predicted molar refractivity (Wildman–Crippen MR) is 61.3 cm³/mol. The van der Waals surface area contributed by atoms with E-state index in [4.69, 9.17) is 5.84 Å². The van der Waals surface area contributed by atoms with Gasteiger partial charge in [-0.2, -0.15) is 0 Å². The molecule has 1 aromatic carbocycles. The third-order valence-electron chi connectivity index (χ3n) is 4.23. The summed E-state index contributed by atoms with van der Waals surface area (Å²) in [5.41, 5.74) is 6.06. The summed E-state index contributed by atoms with van der Waals surface area (Å²) in [6.07, 6.45) is 2.60. The first-order valence-electron chi connectivity index (χ1n) is 5.87. The van der Waals surface area contributed by atoms with E-state index in [1.54, 1.807) is 11.1 Å². The summed E-state index contributed by atoms with van der Waals surface area (Å²) < 4.78 is 0. The van der Waals surface area contributed by atoms with Crippen molar-refractivity contribution in [1.82, 2.24) is 5.43 Å². The molecule has 4 atom stereocenters. The van der Waals surface area contributed by atoms with Gasteiger partial charge in [-0.15, -0.1) is 0 Å². The lowest BCUT2D eigenvalue weighted by Crippen LogP contribution is -2.34. The number of hydrogen-bond donors (Lipinski definition) is 2. The monoisotopic (exact) mass is 202 g/mol. The normalized spacial score (nSPS) is 34.1. The molecule has 3 rings (SSSR count). The molecule has 0 heterocycles. The lowest BCUT2D eigenvalue weighted by Gasteiger charge is -2.13. The van der Waals surface area contributed by atoms with Crippen LogP contribution in [0.15, 0.2) is 24.3 Å². The van der Waals surface area contributed by atoms with Crippen molar-refractivity contribution in [3.8, 4) is 0 Å². The van der Waals surface area contributed by atoms with E-state index in [1.807, 2.05) is 0 Å². The van der Waals surface area contributed by atoms with Crippen molar-refractivity contribution in [1.29, 1.82) is 0 Å². The van der Waals surface area contributed by atoms with Crippen molar-refractivity contribution in [3.63, 3.8) is 0 Å². The Morgan fingerprint density at radius 1 is 1.40 bits per heavy atom. The minimum absolute atomic E-state index is 0.450. The third-order valence-corrected chi connectivity index (χ3v) is 4.23. The lowest BCUT2D eigenvalue weighted by atomic mass is 9.92. The van der Waals surface area contributed by atoms with E-state index in [0.717, 1.165) is 17.8 Å². The van der Waals surface area contributed by atoms with Crippen LogP contribution < -0.4 is 11.3 Å². The summed E-state index contributed by atoms with van der Waals surface area (Å²) >= 11 is 0. The number of benzene rings is 1. The first-order chi connectivity index (χ1) is 7.33. The van der Waals surface area contributed by atoms with Gasteiger partial charge in [-0.25, -0.2) is 0 Å². The molecular formula is C13H18N2. The van der Waals surface area contributed by atoms with Gasteiger partial charge in [0.05, 0.1) is 0 Å². The highest BCUT2D eigenvalue weighted by Crippen LogP contribution is 2.60. The van der Waals surface area contributed by atoms with Crippen LogP contribution in [-0.2, 0) is 6.42 Å². The van der Waals surface area contributed by atoms with Crippen LogP contribution in [0.5, 0.6) is 0 Å². The van der Waals surface area contributed by atoms with Gasteiger partial charge in [0, 0.05) is 6.04 Å². The van der Waals surface area contributed by atoms with Gasteiger partial charge in [0.25, 0.3) is 0 Å². The number of nitrogens with one attached hydrogen (secondary N) is 1. The molecule has 0 radical (unpaired) electrons. The average Bonchev–Trinajstić information content (AvgIpc) is 3.02. The second kappa shape index (κ2) is 3.32. The maximum atomic E-state index is 5.54. The van der Waals surface area contributed by atoms with Gasteiger partial charge in [-0.3, -0.25) is 11.3 Å². The zero-order valence-electron chi connectivity index (χ0n) is 9.11. The van der Waals surface area contributed by atoms with Crippen molar-refractivity contribution in [2.75, 3.05) is 0 Å². The number of hydrazine groups is 1. The molecule has 2 aliphatic carbocycles. The molecule has 0 spiro atoms. The Labute approximate surface area is 90.8 Å². The molecule has 1 saturated carbocycles. The molecular weight excluding hydrogens is 184 g/mol. The molecule has 2 heteroatoms. The fourth-order valence-electron chi connectivity index (χ4n) is 3.41. The SMILES string of the molecule is CC(NN)C1C2CCc3ccccc3C21. The molecule has 0 aliphatic heterocycles. The highest BCUT2D eigenvalue weighted by molar-refractivity contribution is 5.39. The molecule has 1 aromatic rings. The van der Waals surface area contributed by atoms with E-state index >= 15 is 0 Å². The van der Waals surface area contributed by atoms with Crippen LogP contribution in [0.2, 0.25) is 0 Å². The molecule has 0 aromatic heterocycles. The maximum absolute atomic E-state index is 5.54. The highest BCUT2D eigenvalue weighted by Gasteiger charge is 2.54. The average molecular weight is 202 g/mol. The van der Waals surface area contributed by atoms with Gasteiger partial charge < -0.3 is 0 Å². The quantitative estimate of drug-likeness (QED) is 0.567. The van der Waals surface area contributed by atoms with Crippen molar-refractivity contribution < 1.29 is 0 Å². The molecule has 15 heavy (non-hydrogen) atoms. The summed E-state index contributed by atoms with van der Waals surface area (Å²) in [5.74, 6) is 7.96. The van der Waals surface area contributed by atoms with E-state index in [1.165, 1.54) is 12.8 Å². The Morgan fingerprint density at radius 2 is 2.20 bits per heavy atom. The Hall–Kier alpha value is -0.860. The van der Waals surface area contributed by atoms with E-state index in [0.29, 0.717) is 6.04 Å². The van der Waals surface area contributed by atoms with E-state index < -0.39 is 0 Å². The second-order valence-corrected chi connectivity index (χ2v) is 4.96. The van der Waals surface area contributed by atoms with Gasteiger partial charge in [-0.05, 0) is 48.6 Å². The summed E-state index contributed by atoms with van der Waals surface area (Å²) in [7, 11) is 0. The Kier molecular flexibility index (Phi) is 2.08. The van der Waals surface area contributed by atoms with Gasteiger partial charge in [0.15, 0.2) is 0 Å². The van der Waals surface area contributed by atoms with E-state index in [-0.39, 0.29) is 0 Å². The van der Waals surface area contributed by atoms with Crippen LogP contribution in [0.3, 0.4) is 0 Å². The van der Waals surface area contributed by atoms with Crippen LogP contribution >= 0.6 is 0 Å². The highest BCUT2D eigenvalue weighted by atomic mass is 15.2. The topological polar surface area (TPSA) is 38.0 Å². The van der Waals surface area contributed by atoms with Crippen LogP contribution in [0, 0.1) is 11.8 Å². The summed E-state index contributed by atoms with van der Waals surface area (Å²) in [5, 5.41) is 0. The van der Waals surface area contributed by atoms with Gasteiger partial charge in [0.2, 0.25) is 0 Å². The lowest BCUT2D eigenvalue weighted by molar-refractivity contribution is 0.475. The standard InChI is InChI=1S/C13H18N2/c1-8(15-14)12-11-7-6-9-4-2-3-5-10(9)13(11)12/h2-5,8,11-13,15H,6-7,14H2,1H3. The minimum atomic E-state index is 0.450. The largest absolute Gasteiger partial charge is 0.271 e. The molecule has 1 fully saturated rings. The van der Waals surface area contributed by atoms with Crippen molar-refractivity contribution >= 4 is 0 Å². The molecule has 4 unspecified atom stereocenters.